The summed E-state index contributed by atoms with van der Waals surface area (Å²) >= 11 is 0. The third-order valence-corrected chi connectivity index (χ3v) is 27.1. The van der Waals surface area contributed by atoms with Crippen molar-refractivity contribution in [2.24, 2.45) is 0 Å². The molecular formula is C94H92N24O13S4. The van der Waals surface area contributed by atoms with Crippen LogP contribution in [-0.2, 0) is 50.6 Å². The van der Waals surface area contributed by atoms with E-state index >= 15 is 0 Å². The molecule has 0 saturated carbocycles. The molecule has 20 rings (SSSR count). The van der Waals surface area contributed by atoms with Crippen LogP contribution in [0.3, 0.4) is 0 Å². The number of aromatic amines is 4. The van der Waals surface area contributed by atoms with Crippen molar-refractivity contribution < 1.29 is 57.6 Å². The number of ether oxygens (including phenoxy) is 1. The second-order valence-corrected chi connectivity index (χ2v) is 40.8. The van der Waals surface area contributed by atoms with Gasteiger partial charge in [-0.25, -0.2) is 53.6 Å². The van der Waals surface area contributed by atoms with E-state index in [4.69, 9.17) is 4.74 Å². The first kappa shape index (κ1) is 91.8. The molecule has 0 aliphatic carbocycles. The maximum absolute atomic E-state index is 12.9. The van der Waals surface area contributed by atoms with E-state index in [9.17, 15) is 52.8 Å². The molecule has 0 unspecified atom stereocenters. The predicted octanol–water partition coefficient (Wildman–Crippen LogP) is 12.7. The third-order valence-electron chi connectivity index (χ3n) is 23.1. The number of anilines is 7. The summed E-state index contributed by atoms with van der Waals surface area (Å²) in [5, 5.41) is 41.7. The van der Waals surface area contributed by atoms with Crippen LogP contribution in [0.5, 0.6) is 0 Å². The lowest BCUT2D eigenvalue weighted by atomic mass is 10.0. The average molecular weight is 1890 g/mol. The molecule has 41 heteroatoms. The predicted molar refractivity (Wildman–Crippen MR) is 514 cm³/mol. The normalized spacial score (nSPS) is 14.3. The maximum atomic E-state index is 12.9. The van der Waals surface area contributed by atoms with Gasteiger partial charge in [-0.05, 0) is 207 Å². The van der Waals surface area contributed by atoms with Crippen molar-refractivity contribution in [1.29, 1.82) is 0 Å². The van der Waals surface area contributed by atoms with Crippen molar-refractivity contribution in [3.63, 3.8) is 0 Å². The SMILES string of the molecule is CS(=O)(=O)c1ccc(NC(=O)c2n[nH]c3ccc(-c4cncc(CN5CCCC5)c4)cc23)cn1.CS(=O)(=O)c1ccc(NC(=O)c2n[nH]c3ccc(-c4cncc(N5CCCC5)c4)cc23)cn1.CS(=O)(=O)c1ccc(NC(=O)c2n[nH]c3ccc(-c4cncc(N5CCCCC5)c4)cc23)cn1.CS(=O)(=O)c1ccc(NC(=O)c2n[nH]c3ccc(-c4cncc(N5CCOCC5)c4)cc23)cn1. The van der Waals surface area contributed by atoms with Crippen LogP contribution in [0.4, 0.5) is 39.8 Å². The fraction of sp³-hybridized carbons (Fsp3) is 0.234. The Bertz CT molecular complexity index is 7390. The van der Waals surface area contributed by atoms with E-state index in [2.05, 4.69) is 146 Å². The number of carbonyl (C=O) groups excluding carboxylic acids is 4. The second kappa shape index (κ2) is 39.8. The van der Waals surface area contributed by atoms with E-state index in [-0.39, 0.29) is 42.9 Å². The van der Waals surface area contributed by atoms with Crippen LogP contribution >= 0.6 is 0 Å². The molecule has 690 valence electrons. The fourth-order valence-corrected chi connectivity index (χ4v) is 18.3. The second-order valence-electron chi connectivity index (χ2n) is 33.0. The molecule has 0 spiro atoms. The number of fused-ring (bicyclic) bond motifs is 4. The van der Waals surface area contributed by atoms with E-state index in [1.54, 1.807) is 6.20 Å². The van der Waals surface area contributed by atoms with Crippen LogP contribution in [0, 0.1) is 0 Å². The lowest BCUT2D eigenvalue weighted by molar-refractivity contribution is 0.101. The number of nitrogens with zero attached hydrogens (tertiary/aromatic N) is 16. The molecule has 0 bridgehead atoms. The van der Waals surface area contributed by atoms with Gasteiger partial charge >= 0.3 is 0 Å². The highest BCUT2D eigenvalue weighted by Crippen LogP contribution is 2.35. The minimum Gasteiger partial charge on any atom is -0.378 e. The first-order chi connectivity index (χ1) is 65.0. The van der Waals surface area contributed by atoms with Crippen molar-refractivity contribution in [3.05, 3.63) is 248 Å². The lowest BCUT2D eigenvalue weighted by Crippen LogP contribution is -2.36. The van der Waals surface area contributed by atoms with Gasteiger partial charge in [0, 0.05) is 146 Å². The number of piperidine rings is 1. The number of morpholine rings is 1. The van der Waals surface area contributed by atoms with E-state index in [0.29, 0.717) is 57.5 Å². The zero-order valence-corrected chi connectivity index (χ0v) is 76.9. The summed E-state index contributed by atoms with van der Waals surface area (Å²) in [5.41, 5.74) is 17.3. The highest BCUT2D eigenvalue weighted by Gasteiger charge is 2.26. The average Bonchev–Trinajstić information content (AvgIpc) is 1.62. The number of rotatable bonds is 21. The van der Waals surface area contributed by atoms with E-state index in [0.717, 1.165) is 173 Å². The molecule has 0 radical (unpaired) electrons. The van der Waals surface area contributed by atoms with Crippen LogP contribution in [0.25, 0.3) is 88.1 Å². The van der Waals surface area contributed by atoms with Gasteiger partial charge in [-0.2, -0.15) is 20.4 Å². The molecular weight excluding hydrogens is 1800 g/mol. The molecule has 16 heterocycles. The van der Waals surface area contributed by atoms with Crippen LogP contribution in [-0.4, -0.2) is 233 Å². The van der Waals surface area contributed by atoms with Gasteiger partial charge in [-0.3, -0.25) is 64.4 Å². The molecule has 12 aromatic heterocycles. The van der Waals surface area contributed by atoms with Crippen molar-refractivity contribution in [2.45, 2.75) is 71.6 Å². The molecule has 4 aliphatic heterocycles. The van der Waals surface area contributed by atoms with Crippen molar-refractivity contribution in [3.8, 4) is 44.5 Å². The fourth-order valence-electron chi connectivity index (χ4n) is 16.1. The molecule has 4 fully saturated rings. The number of benzene rings is 4. The zero-order valence-electron chi connectivity index (χ0n) is 73.6. The quantitative estimate of drug-likeness (QED) is 0.0331. The van der Waals surface area contributed by atoms with Gasteiger partial charge in [0.05, 0.1) is 118 Å². The Balaban J connectivity index is 0.000000125. The number of carbonyl (C=O) groups is 4. The molecule has 16 aromatic rings. The van der Waals surface area contributed by atoms with E-state index < -0.39 is 63.0 Å². The first-order valence-corrected chi connectivity index (χ1v) is 50.8. The van der Waals surface area contributed by atoms with Crippen LogP contribution < -0.4 is 36.0 Å². The number of H-pyrrole nitrogens is 4. The van der Waals surface area contributed by atoms with Gasteiger partial charge in [0.2, 0.25) is 0 Å². The zero-order chi connectivity index (χ0) is 94.1. The minimum absolute atomic E-state index is 0.0547. The summed E-state index contributed by atoms with van der Waals surface area (Å²) in [6, 6.07) is 43.0. The van der Waals surface area contributed by atoms with Crippen LogP contribution in [0.2, 0.25) is 0 Å². The van der Waals surface area contributed by atoms with Gasteiger partial charge < -0.3 is 40.7 Å². The number of hydrogen-bond acceptors (Lipinski definition) is 29. The van der Waals surface area contributed by atoms with Gasteiger partial charge in [0.25, 0.3) is 23.6 Å². The number of hydrogen-bond donors (Lipinski definition) is 8. The standard InChI is InChI=1S/2C24H24N6O3S.C23H22N6O4S.C23H22N6O3S/c1-34(32,33)22-7-5-19(14-26-22)27-24(31)23-20-11-17(4-6-21(20)28-29-23)18-10-16(12-25-13-18)15-30-8-2-3-9-30;1-34(32,33)22-8-6-18(14-26-22)27-24(31)23-20-12-16(5-7-21(20)28-29-23)17-11-19(15-25-13-17)30-9-3-2-4-10-30;1-34(31,32)21-5-3-17(13-25-21)26-23(30)22-19-11-15(2-4-20(19)27-28-22)16-10-18(14-24-12-16)29-6-8-33-9-7-29;1-33(31,32)21-7-5-17(13-25-21)26-23(30)22-19-11-15(4-6-20(19)27-28-22)16-10-18(14-24-12-16)29-8-2-3-9-29/h4-7,10-14H,2-3,8-9,15H2,1H3,(H,27,31)(H,28,29);5-8,11-15H,2-4,9-10H2,1H3,(H,27,31)(H,28,29);2-5,10-14H,6-9H2,1H3,(H,26,30)(H,27,28);4-7,10-14H,2-3,8-9H2,1H3,(H,26,30)(H,27,28). The monoisotopic (exact) mass is 1890 g/mol. The summed E-state index contributed by atoms with van der Waals surface area (Å²) in [6.07, 6.45) is 32.8. The van der Waals surface area contributed by atoms with Crippen molar-refractivity contribution >= 4 is 146 Å². The van der Waals surface area contributed by atoms with Gasteiger partial charge in [0.1, 0.15) is 0 Å². The number of sulfone groups is 4. The minimum atomic E-state index is -3.42. The third kappa shape index (κ3) is 22.2. The molecule has 37 nitrogen and oxygen atoms in total. The molecule has 135 heavy (non-hydrogen) atoms. The number of likely N-dealkylation sites (tertiary alicyclic amines) is 1. The Morgan fingerprint density at radius 1 is 0.304 bits per heavy atom. The molecule has 4 amide bonds. The maximum Gasteiger partial charge on any atom is 0.276 e. The Kier molecular flexibility index (Phi) is 27.1. The molecule has 0 atom stereocenters. The smallest absolute Gasteiger partial charge is 0.276 e. The summed E-state index contributed by atoms with van der Waals surface area (Å²) in [4.78, 5) is 94.3. The summed E-state index contributed by atoms with van der Waals surface area (Å²) in [7, 11) is -13.6. The van der Waals surface area contributed by atoms with Gasteiger partial charge in [0.15, 0.2) is 82.2 Å². The van der Waals surface area contributed by atoms with E-state index in [1.807, 2.05) is 116 Å². The summed E-state index contributed by atoms with van der Waals surface area (Å²) in [5.74, 6) is -1.69. The van der Waals surface area contributed by atoms with Crippen LogP contribution in [0.1, 0.15) is 92.5 Å². The first-order valence-electron chi connectivity index (χ1n) is 43.2. The largest absolute Gasteiger partial charge is 0.378 e. The highest BCUT2D eigenvalue weighted by atomic mass is 32.2. The molecule has 4 aliphatic rings. The van der Waals surface area contributed by atoms with Crippen molar-refractivity contribution in [2.75, 3.05) is 127 Å². The molecule has 4 saturated heterocycles. The Hall–Kier alpha value is -15.0. The Labute approximate surface area is 775 Å². The Morgan fingerprint density at radius 3 is 0.867 bits per heavy atom. The summed E-state index contributed by atoms with van der Waals surface area (Å²) in [6.45, 7) is 10.3. The number of pyridine rings is 8. The number of aromatic nitrogens is 16. The van der Waals surface area contributed by atoms with Gasteiger partial charge in [-0.1, -0.05) is 24.3 Å². The molecule has 8 N–H and O–H groups in total. The van der Waals surface area contributed by atoms with Crippen molar-refractivity contribution in [1.82, 2.24) is 85.6 Å². The highest BCUT2D eigenvalue weighted by molar-refractivity contribution is 7.91. The van der Waals surface area contributed by atoms with Crippen LogP contribution in [0.15, 0.2) is 240 Å². The Morgan fingerprint density at radius 2 is 0.578 bits per heavy atom. The van der Waals surface area contributed by atoms with E-state index in [1.165, 1.54) is 118 Å². The topological polar surface area (TPSA) is 493 Å². The lowest BCUT2D eigenvalue weighted by Gasteiger charge is -2.28. The number of nitrogens with one attached hydrogen (secondary N) is 8. The molecule has 4 aromatic carbocycles. The summed E-state index contributed by atoms with van der Waals surface area (Å²) < 4.78 is 98.1. The van der Waals surface area contributed by atoms with Gasteiger partial charge in [-0.15, -0.1) is 0 Å². The number of amides is 4.